The Labute approximate surface area is 73.0 Å². The summed E-state index contributed by atoms with van der Waals surface area (Å²) in [6.07, 6.45) is 0. The van der Waals surface area contributed by atoms with E-state index in [0.29, 0.717) is 10.0 Å². The third-order valence-corrected chi connectivity index (χ3v) is 2.64. The van der Waals surface area contributed by atoms with Gasteiger partial charge in [0.15, 0.2) is 0 Å². The van der Waals surface area contributed by atoms with Gasteiger partial charge in [0.1, 0.15) is 5.82 Å². The standard InChI is InChI=1S/C8H8BrFO/c1-5-2-3-7(10)6(4-11)8(5)9/h2-3,11H,4H2,1H3. The first kappa shape index (κ1) is 8.68. The van der Waals surface area contributed by atoms with Crippen molar-refractivity contribution in [1.29, 1.82) is 0 Å². The van der Waals surface area contributed by atoms with Crippen molar-refractivity contribution in [3.8, 4) is 0 Å². The Hall–Kier alpha value is -0.410. The summed E-state index contributed by atoms with van der Waals surface area (Å²) in [5.74, 6) is -0.370. The summed E-state index contributed by atoms with van der Waals surface area (Å²) in [5.41, 5.74) is 1.25. The number of benzene rings is 1. The summed E-state index contributed by atoms with van der Waals surface area (Å²) in [6.45, 7) is 1.58. The highest BCUT2D eigenvalue weighted by molar-refractivity contribution is 9.10. The monoisotopic (exact) mass is 218 g/mol. The molecular formula is C8H8BrFO. The van der Waals surface area contributed by atoms with Crippen LogP contribution in [-0.2, 0) is 6.61 Å². The molecule has 0 atom stereocenters. The van der Waals surface area contributed by atoms with Gasteiger partial charge in [-0.3, -0.25) is 0 Å². The smallest absolute Gasteiger partial charge is 0.129 e. The molecule has 0 heterocycles. The Morgan fingerprint density at radius 1 is 1.55 bits per heavy atom. The normalized spacial score (nSPS) is 10.2. The summed E-state index contributed by atoms with van der Waals surface area (Å²) in [4.78, 5) is 0. The van der Waals surface area contributed by atoms with E-state index in [9.17, 15) is 4.39 Å². The van der Waals surface area contributed by atoms with Crippen molar-refractivity contribution >= 4 is 15.9 Å². The number of aliphatic hydroxyl groups is 1. The zero-order chi connectivity index (χ0) is 8.43. The van der Waals surface area contributed by atoms with E-state index < -0.39 is 0 Å². The number of halogens is 2. The van der Waals surface area contributed by atoms with Crippen LogP contribution in [-0.4, -0.2) is 5.11 Å². The minimum absolute atomic E-state index is 0.270. The van der Waals surface area contributed by atoms with Crippen LogP contribution in [0.15, 0.2) is 16.6 Å². The molecule has 0 amide bonds. The second-order valence-electron chi connectivity index (χ2n) is 2.31. The number of rotatable bonds is 1. The van der Waals surface area contributed by atoms with Gasteiger partial charge in [-0.25, -0.2) is 4.39 Å². The third kappa shape index (κ3) is 1.60. The second-order valence-corrected chi connectivity index (χ2v) is 3.11. The van der Waals surface area contributed by atoms with E-state index in [0.717, 1.165) is 5.56 Å². The first-order valence-corrected chi connectivity index (χ1v) is 4.00. The highest BCUT2D eigenvalue weighted by atomic mass is 79.9. The van der Waals surface area contributed by atoms with Crippen LogP contribution in [0.2, 0.25) is 0 Å². The summed E-state index contributed by atoms with van der Waals surface area (Å²) in [7, 11) is 0. The van der Waals surface area contributed by atoms with Gasteiger partial charge in [0.2, 0.25) is 0 Å². The second kappa shape index (κ2) is 3.32. The number of hydrogen-bond acceptors (Lipinski definition) is 1. The minimum Gasteiger partial charge on any atom is -0.392 e. The Morgan fingerprint density at radius 3 is 2.64 bits per heavy atom. The van der Waals surface area contributed by atoms with Crippen LogP contribution in [0, 0.1) is 12.7 Å². The highest BCUT2D eigenvalue weighted by Gasteiger charge is 2.06. The van der Waals surface area contributed by atoms with Crippen LogP contribution in [0.5, 0.6) is 0 Å². The Bertz CT molecular complexity index is 273. The first-order chi connectivity index (χ1) is 5.16. The van der Waals surface area contributed by atoms with E-state index in [2.05, 4.69) is 15.9 Å². The van der Waals surface area contributed by atoms with Gasteiger partial charge in [0.05, 0.1) is 6.61 Å². The Morgan fingerprint density at radius 2 is 2.18 bits per heavy atom. The van der Waals surface area contributed by atoms with Gasteiger partial charge < -0.3 is 5.11 Å². The van der Waals surface area contributed by atoms with E-state index in [-0.39, 0.29) is 12.4 Å². The van der Waals surface area contributed by atoms with Crippen molar-refractivity contribution in [3.63, 3.8) is 0 Å². The van der Waals surface area contributed by atoms with Gasteiger partial charge in [0, 0.05) is 10.0 Å². The van der Waals surface area contributed by atoms with E-state index in [1.165, 1.54) is 6.07 Å². The summed E-state index contributed by atoms with van der Waals surface area (Å²) in [6, 6.07) is 3.02. The molecular weight excluding hydrogens is 211 g/mol. The van der Waals surface area contributed by atoms with Crippen LogP contribution in [0.3, 0.4) is 0 Å². The fourth-order valence-electron chi connectivity index (χ4n) is 0.860. The third-order valence-electron chi connectivity index (χ3n) is 1.54. The molecule has 0 saturated heterocycles. The predicted octanol–water partition coefficient (Wildman–Crippen LogP) is 2.39. The number of aryl methyl sites for hydroxylation is 1. The highest BCUT2D eigenvalue weighted by Crippen LogP contribution is 2.23. The molecule has 1 nitrogen and oxygen atoms in total. The topological polar surface area (TPSA) is 20.2 Å². The minimum atomic E-state index is -0.370. The average Bonchev–Trinajstić information content (AvgIpc) is 1.99. The van der Waals surface area contributed by atoms with Crippen LogP contribution in [0.4, 0.5) is 4.39 Å². The fourth-order valence-corrected chi connectivity index (χ4v) is 1.31. The molecule has 1 N–H and O–H groups in total. The zero-order valence-corrected chi connectivity index (χ0v) is 7.65. The molecule has 0 aliphatic rings. The van der Waals surface area contributed by atoms with Crippen molar-refractivity contribution in [3.05, 3.63) is 33.5 Å². The molecule has 0 saturated carbocycles. The predicted molar refractivity (Wildman–Crippen MR) is 44.8 cm³/mol. The van der Waals surface area contributed by atoms with Gasteiger partial charge in [0.25, 0.3) is 0 Å². The van der Waals surface area contributed by atoms with Gasteiger partial charge in [-0.05, 0) is 18.6 Å². The molecule has 0 aromatic heterocycles. The molecule has 60 valence electrons. The number of hydrogen-bond donors (Lipinski definition) is 1. The van der Waals surface area contributed by atoms with E-state index in [1.54, 1.807) is 6.07 Å². The van der Waals surface area contributed by atoms with Gasteiger partial charge in [-0.15, -0.1) is 0 Å². The van der Waals surface area contributed by atoms with E-state index in [1.807, 2.05) is 6.92 Å². The molecule has 1 rings (SSSR count). The molecule has 3 heteroatoms. The molecule has 0 unspecified atom stereocenters. The maximum atomic E-state index is 12.8. The van der Waals surface area contributed by atoms with Crippen molar-refractivity contribution in [2.45, 2.75) is 13.5 Å². The molecule has 1 aromatic carbocycles. The van der Waals surface area contributed by atoms with Crippen molar-refractivity contribution in [2.24, 2.45) is 0 Å². The molecule has 0 fully saturated rings. The zero-order valence-electron chi connectivity index (χ0n) is 6.06. The Balaban J connectivity index is 3.29. The van der Waals surface area contributed by atoms with Crippen LogP contribution in [0.25, 0.3) is 0 Å². The van der Waals surface area contributed by atoms with Crippen molar-refractivity contribution < 1.29 is 9.50 Å². The lowest BCUT2D eigenvalue weighted by atomic mass is 10.1. The fraction of sp³-hybridized carbons (Fsp3) is 0.250. The lowest BCUT2D eigenvalue weighted by Gasteiger charge is -2.04. The maximum absolute atomic E-state index is 12.8. The number of aliphatic hydroxyl groups excluding tert-OH is 1. The van der Waals surface area contributed by atoms with Gasteiger partial charge in [-0.2, -0.15) is 0 Å². The first-order valence-electron chi connectivity index (χ1n) is 3.21. The van der Waals surface area contributed by atoms with Crippen LogP contribution >= 0.6 is 15.9 Å². The van der Waals surface area contributed by atoms with Gasteiger partial charge in [-0.1, -0.05) is 22.0 Å². The lowest BCUT2D eigenvalue weighted by molar-refractivity contribution is 0.274. The van der Waals surface area contributed by atoms with Gasteiger partial charge >= 0.3 is 0 Å². The van der Waals surface area contributed by atoms with Crippen molar-refractivity contribution in [1.82, 2.24) is 0 Å². The van der Waals surface area contributed by atoms with E-state index >= 15 is 0 Å². The molecule has 0 aliphatic heterocycles. The summed E-state index contributed by atoms with van der Waals surface area (Å²) >= 11 is 3.19. The summed E-state index contributed by atoms with van der Waals surface area (Å²) < 4.78 is 13.5. The largest absolute Gasteiger partial charge is 0.392 e. The molecule has 11 heavy (non-hydrogen) atoms. The van der Waals surface area contributed by atoms with Crippen LogP contribution < -0.4 is 0 Å². The molecule has 0 spiro atoms. The maximum Gasteiger partial charge on any atom is 0.129 e. The molecule has 0 bridgehead atoms. The average molecular weight is 219 g/mol. The molecule has 0 aliphatic carbocycles. The van der Waals surface area contributed by atoms with Crippen molar-refractivity contribution in [2.75, 3.05) is 0 Å². The quantitative estimate of drug-likeness (QED) is 0.768. The molecule has 0 radical (unpaired) electrons. The summed E-state index contributed by atoms with van der Waals surface area (Å²) in [5, 5.41) is 8.75. The Kier molecular flexibility index (Phi) is 2.62. The van der Waals surface area contributed by atoms with E-state index in [4.69, 9.17) is 5.11 Å². The SMILES string of the molecule is Cc1ccc(F)c(CO)c1Br. The molecule has 1 aromatic rings. The van der Waals surface area contributed by atoms with Crippen LogP contribution in [0.1, 0.15) is 11.1 Å². The lowest BCUT2D eigenvalue weighted by Crippen LogP contribution is -1.92.